The lowest BCUT2D eigenvalue weighted by Gasteiger charge is -2.23. The molecular weight excluding hydrogens is 587 g/mol. The number of halogens is 2. The molecule has 13 heteroatoms. The molecule has 6 aromatic rings. The molecule has 0 bridgehead atoms. The van der Waals surface area contributed by atoms with Crippen molar-refractivity contribution in [2.75, 3.05) is 11.1 Å². The van der Waals surface area contributed by atoms with Crippen LogP contribution in [0.4, 0.5) is 16.0 Å². The molecule has 0 fully saturated rings. The Morgan fingerprint density at radius 2 is 1.84 bits per heavy atom. The summed E-state index contributed by atoms with van der Waals surface area (Å²) in [6.07, 6.45) is 1.10. The van der Waals surface area contributed by atoms with Crippen LogP contribution in [0.5, 0.6) is 0 Å². The van der Waals surface area contributed by atoms with Gasteiger partial charge in [0.05, 0.1) is 17.6 Å². The number of aromatic nitrogens is 6. The molecule has 7 rings (SSSR count). The SMILES string of the molecule is CC1(c2ccc(CCc3noc(=O)[nH]3)cc2)C(=O)Nc2nc(-c3nn(Cc4ccccc4F)c4cc(Cl)ccc34)nc(N)c21. The van der Waals surface area contributed by atoms with Gasteiger partial charge in [-0.15, -0.1) is 0 Å². The normalized spacial score (nSPS) is 15.9. The standard InChI is InChI=1S/C31H24ClFN8O3/c1-31(18-9-6-16(7-10-18)8-13-23-35-30(43)44-40-23)24-26(34)36-28(37-27(24)38-29(31)42)25-20-12-11-19(32)14-22(20)41(39-25)15-17-4-2-3-5-21(17)33/h2-7,9-12,14H,8,13,15H2,1H3,(H,35,40,43)(H3,34,36,37,38,42). The summed E-state index contributed by atoms with van der Waals surface area (Å²) in [6.45, 7) is 1.94. The molecule has 3 aromatic carbocycles. The Kier molecular flexibility index (Phi) is 6.51. The Hall–Kier alpha value is -5.36. The number of anilines is 2. The number of nitrogens with two attached hydrogens (primary N) is 1. The molecule has 4 heterocycles. The Balaban J connectivity index is 1.24. The van der Waals surface area contributed by atoms with Gasteiger partial charge in [0, 0.05) is 22.4 Å². The molecule has 0 spiro atoms. The Labute approximate surface area is 253 Å². The second-order valence-electron chi connectivity index (χ2n) is 10.7. The van der Waals surface area contributed by atoms with Crippen LogP contribution in [0, 0.1) is 5.82 Å². The van der Waals surface area contributed by atoms with E-state index >= 15 is 0 Å². The lowest BCUT2D eigenvalue weighted by atomic mass is 9.77. The predicted molar refractivity (Wildman–Crippen MR) is 162 cm³/mol. The van der Waals surface area contributed by atoms with E-state index in [4.69, 9.17) is 27.4 Å². The molecule has 1 aliphatic heterocycles. The third-order valence-corrected chi connectivity index (χ3v) is 8.23. The summed E-state index contributed by atoms with van der Waals surface area (Å²) in [5.41, 5.74) is 9.12. The number of nitrogen functional groups attached to an aromatic ring is 1. The van der Waals surface area contributed by atoms with E-state index in [1.54, 1.807) is 48.0 Å². The van der Waals surface area contributed by atoms with Gasteiger partial charge in [0.1, 0.15) is 28.6 Å². The van der Waals surface area contributed by atoms with Gasteiger partial charge in [-0.3, -0.25) is 19.0 Å². The predicted octanol–water partition coefficient (Wildman–Crippen LogP) is 4.64. The third kappa shape index (κ3) is 4.60. The number of carbonyl (C=O) groups is 1. The minimum atomic E-state index is -1.15. The smallest absolute Gasteiger partial charge is 0.383 e. The van der Waals surface area contributed by atoms with Crippen LogP contribution in [-0.2, 0) is 29.6 Å². The van der Waals surface area contributed by atoms with Crippen molar-refractivity contribution in [2.45, 2.75) is 31.7 Å². The zero-order valence-corrected chi connectivity index (χ0v) is 24.0. The molecule has 1 atom stereocenters. The second kappa shape index (κ2) is 10.4. The van der Waals surface area contributed by atoms with Crippen molar-refractivity contribution in [3.63, 3.8) is 0 Å². The summed E-state index contributed by atoms with van der Waals surface area (Å²) in [6, 6.07) is 19.3. The summed E-state index contributed by atoms with van der Waals surface area (Å²) < 4.78 is 20.7. The maximum atomic E-state index is 14.5. The fourth-order valence-electron chi connectivity index (χ4n) is 5.65. The average molecular weight is 611 g/mol. The monoisotopic (exact) mass is 610 g/mol. The first-order valence-corrected chi connectivity index (χ1v) is 14.1. The molecule has 44 heavy (non-hydrogen) atoms. The maximum Gasteiger partial charge on any atom is 0.438 e. The topological polar surface area (TPSA) is 158 Å². The minimum Gasteiger partial charge on any atom is -0.383 e. The van der Waals surface area contributed by atoms with E-state index in [1.807, 2.05) is 24.3 Å². The quantitative estimate of drug-likeness (QED) is 0.236. The van der Waals surface area contributed by atoms with Gasteiger partial charge >= 0.3 is 5.76 Å². The van der Waals surface area contributed by atoms with Crippen LogP contribution in [0.1, 0.15) is 35.0 Å². The molecule has 1 amide bonds. The van der Waals surface area contributed by atoms with Gasteiger partial charge in [-0.25, -0.2) is 19.2 Å². The Morgan fingerprint density at radius 1 is 1.05 bits per heavy atom. The van der Waals surface area contributed by atoms with Crippen LogP contribution in [0.25, 0.3) is 22.4 Å². The molecule has 3 aromatic heterocycles. The number of hydrogen-bond donors (Lipinski definition) is 3. The van der Waals surface area contributed by atoms with E-state index < -0.39 is 11.2 Å². The van der Waals surface area contributed by atoms with Gasteiger partial charge in [0.25, 0.3) is 0 Å². The number of nitrogens with one attached hydrogen (secondary N) is 2. The van der Waals surface area contributed by atoms with E-state index in [1.165, 1.54) is 6.07 Å². The van der Waals surface area contributed by atoms with E-state index in [0.717, 1.165) is 5.56 Å². The van der Waals surface area contributed by atoms with Gasteiger partial charge in [-0.2, -0.15) is 5.10 Å². The summed E-state index contributed by atoms with van der Waals surface area (Å²) in [5, 5.41) is 12.5. The van der Waals surface area contributed by atoms with Crippen LogP contribution in [0.15, 0.2) is 76.0 Å². The number of fused-ring (bicyclic) bond motifs is 2. The van der Waals surface area contributed by atoms with Crippen molar-refractivity contribution in [1.82, 2.24) is 29.9 Å². The molecule has 4 N–H and O–H groups in total. The van der Waals surface area contributed by atoms with Crippen molar-refractivity contribution in [3.05, 3.63) is 116 Å². The largest absolute Gasteiger partial charge is 0.438 e. The Bertz CT molecular complexity index is 2140. The number of amides is 1. The maximum absolute atomic E-state index is 14.5. The average Bonchev–Trinajstić information content (AvgIpc) is 3.67. The molecule has 11 nitrogen and oxygen atoms in total. The van der Waals surface area contributed by atoms with E-state index in [9.17, 15) is 14.0 Å². The molecule has 0 radical (unpaired) electrons. The number of benzene rings is 3. The molecule has 1 aliphatic rings. The lowest BCUT2D eigenvalue weighted by Crippen LogP contribution is -2.33. The first-order valence-electron chi connectivity index (χ1n) is 13.7. The van der Waals surface area contributed by atoms with Gasteiger partial charge in [0.2, 0.25) is 5.91 Å². The van der Waals surface area contributed by atoms with Gasteiger partial charge in [-0.05, 0) is 48.7 Å². The molecule has 0 saturated carbocycles. The number of rotatable bonds is 7. The minimum absolute atomic E-state index is 0.135. The molecule has 1 unspecified atom stereocenters. The molecule has 0 saturated heterocycles. The number of nitrogens with zero attached hydrogens (tertiary/aromatic N) is 5. The summed E-state index contributed by atoms with van der Waals surface area (Å²) in [7, 11) is 0. The van der Waals surface area contributed by atoms with Crippen molar-refractivity contribution >= 4 is 40.0 Å². The summed E-state index contributed by atoms with van der Waals surface area (Å²) >= 11 is 6.31. The van der Waals surface area contributed by atoms with E-state index in [-0.39, 0.29) is 29.9 Å². The number of aryl methyl sites for hydroxylation is 2. The van der Waals surface area contributed by atoms with Gasteiger partial charge < -0.3 is 11.1 Å². The van der Waals surface area contributed by atoms with Crippen LogP contribution in [0.3, 0.4) is 0 Å². The summed E-state index contributed by atoms with van der Waals surface area (Å²) in [5.74, 6) is -0.124. The van der Waals surface area contributed by atoms with Crippen LogP contribution >= 0.6 is 11.6 Å². The van der Waals surface area contributed by atoms with Crippen molar-refractivity contribution in [1.29, 1.82) is 0 Å². The van der Waals surface area contributed by atoms with Crippen molar-refractivity contribution in [2.24, 2.45) is 0 Å². The zero-order valence-electron chi connectivity index (χ0n) is 23.3. The Morgan fingerprint density at radius 3 is 2.59 bits per heavy atom. The van der Waals surface area contributed by atoms with Crippen molar-refractivity contribution < 1.29 is 13.7 Å². The van der Waals surface area contributed by atoms with E-state index in [2.05, 4.69) is 25.0 Å². The first kappa shape index (κ1) is 27.5. The fraction of sp³-hybridized carbons (Fsp3) is 0.161. The zero-order chi connectivity index (χ0) is 30.6. The van der Waals surface area contributed by atoms with Gasteiger partial charge in [0.15, 0.2) is 11.6 Å². The third-order valence-electron chi connectivity index (χ3n) is 7.99. The van der Waals surface area contributed by atoms with E-state index in [0.29, 0.717) is 62.8 Å². The molecule has 0 aliphatic carbocycles. The van der Waals surface area contributed by atoms with Crippen LogP contribution in [-0.4, -0.2) is 35.8 Å². The van der Waals surface area contributed by atoms with Crippen LogP contribution < -0.4 is 16.8 Å². The highest BCUT2D eigenvalue weighted by atomic mass is 35.5. The molecule has 220 valence electrons. The van der Waals surface area contributed by atoms with Crippen molar-refractivity contribution in [3.8, 4) is 11.5 Å². The second-order valence-corrected chi connectivity index (χ2v) is 11.2. The number of H-pyrrole nitrogens is 1. The fourth-order valence-corrected chi connectivity index (χ4v) is 5.81. The highest BCUT2D eigenvalue weighted by Gasteiger charge is 2.47. The van der Waals surface area contributed by atoms with Gasteiger partial charge in [-0.1, -0.05) is 59.2 Å². The number of carbonyl (C=O) groups excluding carboxylic acids is 1. The number of aromatic amines is 1. The highest BCUT2D eigenvalue weighted by Crippen LogP contribution is 2.45. The summed E-state index contributed by atoms with van der Waals surface area (Å²) in [4.78, 5) is 36.5. The lowest BCUT2D eigenvalue weighted by molar-refractivity contribution is -0.119. The first-order chi connectivity index (χ1) is 21.2. The highest BCUT2D eigenvalue weighted by molar-refractivity contribution is 6.31. The van der Waals surface area contributed by atoms with Crippen LogP contribution in [0.2, 0.25) is 5.02 Å². The molecular formula is C31H24ClFN8O3. The number of hydrogen-bond acceptors (Lipinski definition) is 8.